The minimum Gasteiger partial charge on any atom is -0.652 e. The molecule has 0 aliphatic carbocycles. The van der Waals surface area contributed by atoms with Crippen molar-refractivity contribution in [1.29, 1.82) is 0 Å². The Morgan fingerprint density at radius 3 is 1.32 bits per heavy atom. The first-order valence-electron chi connectivity index (χ1n) is 6.64. The van der Waals surface area contributed by atoms with Crippen LogP contribution in [0.4, 0.5) is 4.79 Å². The molecule has 0 aromatic rings. The summed E-state index contributed by atoms with van der Waals surface area (Å²) in [6, 6.07) is 0. The Labute approximate surface area is 203 Å². The van der Waals surface area contributed by atoms with Gasteiger partial charge in [-0.1, -0.05) is 64.7 Å². The number of aliphatic hydroxyl groups excluding tert-OH is 1. The van der Waals surface area contributed by atoms with Gasteiger partial charge in [-0.15, -0.1) is 0 Å². The van der Waals surface area contributed by atoms with E-state index in [-0.39, 0.29) is 103 Å². The molecule has 0 bridgehead atoms. The Hall–Kier alpha value is 2.50. The maximum Gasteiger partial charge on any atom is 1.00 e. The first kappa shape index (κ1) is 29.5. The molecule has 0 aliphatic heterocycles. The number of hydrogen-bond acceptors (Lipinski definition) is 4. The summed E-state index contributed by atoms with van der Waals surface area (Å²) in [7, 11) is 0. The van der Waals surface area contributed by atoms with E-state index in [2.05, 4.69) is 6.92 Å². The predicted octanol–water partition coefficient (Wildman–Crippen LogP) is -4.54. The minimum atomic E-state index is -2.33. The van der Waals surface area contributed by atoms with E-state index in [1.165, 1.54) is 57.8 Å². The molecule has 0 radical (unpaired) electrons. The molecule has 19 heavy (non-hydrogen) atoms. The molecule has 0 amide bonds. The molecule has 0 aliphatic rings. The second-order valence-corrected chi connectivity index (χ2v) is 4.16. The fraction of sp³-hybridized carbons (Fsp3) is 0.923. The molecule has 0 aromatic carbocycles. The van der Waals surface area contributed by atoms with Gasteiger partial charge in [0.2, 0.25) is 0 Å². The van der Waals surface area contributed by atoms with Crippen LogP contribution in [-0.4, -0.2) is 17.9 Å². The van der Waals surface area contributed by atoms with Gasteiger partial charge in [0, 0.05) is 6.61 Å². The Morgan fingerprint density at radius 2 is 1.05 bits per heavy atom. The first-order valence-corrected chi connectivity index (χ1v) is 6.64. The van der Waals surface area contributed by atoms with Gasteiger partial charge in [0.1, 0.15) is 0 Å². The third-order valence-electron chi connectivity index (χ3n) is 2.51. The largest absolute Gasteiger partial charge is 1.00 e. The smallest absolute Gasteiger partial charge is 0.652 e. The van der Waals surface area contributed by atoms with Crippen LogP contribution in [0, 0.1) is 0 Å². The summed E-state index contributed by atoms with van der Waals surface area (Å²) < 4.78 is 0. The summed E-state index contributed by atoms with van der Waals surface area (Å²) in [5.74, 6) is 0. The van der Waals surface area contributed by atoms with Gasteiger partial charge in [0.15, 0.2) is 0 Å². The van der Waals surface area contributed by atoms with Crippen LogP contribution in [0.1, 0.15) is 71.1 Å². The van der Waals surface area contributed by atoms with Crippen LogP contribution in [0.15, 0.2) is 0 Å². The Kier molecular flexibility index (Phi) is 44.5. The van der Waals surface area contributed by atoms with Crippen LogP contribution in [0.25, 0.3) is 0 Å². The van der Waals surface area contributed by atoms with E-state index in [1.807, 2.05) is 0 Å². The van der Waals surface area contributed by atoms with Crippen molar-refractivity contribution < 1.29 is 123 Å². The monoisotopic (exact) mass is 324 g/mol. The van der Waals surface area contributed by atoms with Crippen LogP contribution in [0.5, 0.6) is 0 Å². The topological polar surface area (TPSA) is 83.4 Å². The fourth-order valence-corrected chi connectivity index (χ4v) is 1.60. The van der Waals surface area contributed by atoms with Gasteiger partial charge in [0.05, 0.1) is 0 Å². The Balaban J connectivity index is -0.000000165. The summed E-state index contributed by atoms with van der Waals surface area (Å²) >= 11 is 0. The Bertz CT molecular complexity index is 144. The van der Waals surface area contributed by atoms with Crippen LogP contribution < -0.4 is 113 Å². The molecule has 0 saturated heterocycles. The van der Waals surface area contributed by atoms with E-state index in [4.69, 9.17) is 20.1 Å². The molecule has 6 heteroatoms. The number of hydrogen-bond donors (Lipinski definition) is 1. The molecule has 0 fully saturated rings. The SMILES string of the molecule is CCCCCCCCCCCCO.O=C([O-])[O-].[K+].[K+]. The van der Waals surface area contributed by atoms with E-state index < -0.39 is 6.16 Å². The molecule has 0 atom stereocenters. The molecule has 1 N–H and O–H groups in total. The van der Waals surface area contributed by atoms with Gasteiger partial charge in [-0.25, -0.2) is 0 Å². The summed E-state index contributed by atoms with van der Waals surface area (Å²) in [4.78, 5) is 8.33. The van der Waals surface area contributed by atoms with Crippen LogP contribution in [0.3, 0.4) is 0 Å². The Morgan fingerprint density at radius 1 is 0.789 bits per heavy atom. The molecular formula is C13H26K2O4. The second-order valence-electron chi connectivity index (χ2n) is 4.16. The minimum absolute atomic E-state index is 0. The molecule has 0 spiro atoms. The van der Waals surface area contributed by atoms with Crippen molar-refractivity contribution in [2.75, 3.05) is 6.61 Å². The van der Waals surface area contributed by atoms with Crippen molar-refractivity contribution in [2.24, 2.45) is 0 Å². The van der Waals surface area contributed by atoms with Gasteiger partial charge in [-0.2, -0.15) is 0 Å². The van der Waals surface area contributed by atoms with Crippen LogP contribution >= 0.6 is 0 Å². The van der Waals surface area contributed by atoms with Gasteiger partial charge in [0.25, 0.3) is 0 Å². The number of carbonyl (C=O) groups excluding carboxylic acids is 1. The van der Waals surface area contributed by atoms with Gasteiger partial charge < -0.3 is 20.1 Å². The van der Waals surface area contributed by atoms with E-state index >= 15 is 0 Å². The zero-order chi connectivity index (χ0) is 13.4. The van der Waals surface area contributed by atoms with Crippen molar-refractivity contribution in [2.45, 2.75) is 71.1 Å². The maximum absolute atomic E-state index is 8.57. The zero-order valence-corrected chi connectivity index (χ0v) is 19.2. The number of carboxylic acid groups (broad SMARTS) is 2. The molecule has 0 aromatic heterocycles. The summed E-state index contributed by atoms with van der Waals surface area (Å²) in [6.07, 6.45) is 11.0. The van der Waals surface area contributed by atoms with Crippen LogP contribution in [-0.2, 0) is 0 Å². The quantitative estimate of drug-likeness (QED) is 0.324. The molecule has 0 unspecified atom stereocenters. The van der Waals surface area contributed by atoms with E-state index in [1.54, 1.807) is 0 Å². The van der Waals surface area contributed by atoms with Crippen molar-refractivity contribution in [3.8, 4) is 0 Å². The number of carbonyl (C=O) groups is 1. The van der Waals surface area contributed by atoms with Crippen molar-refractivity contribution in [3.05, 3.63) is 0 Å². The first-order chi connectivity index (χ1) is 8.15. The molecule has 0 heterocycles. The third kappa shape index (κ3) is 44.9. The summed E-state index contributed by atoms with van der Waals surface area (Å²) in [5, 5.41) is 25.2. The summed E-state index contributed by atoms with van der Waals surface area (Å²) in [5.41, 5.74) is 0. The average molecular weight is 325 g/mol. The molecule has 4 nitrogen and oxygen atoms in total. The molecule has 0 rings (SSSR count). The number of rotatable bonds is 10. The van der Waals surface area contributed by atoms with Gasteiger partial charge in [-0.3, -0.25) is 0 Å². The van der Waals surface area contributed by atoms with E-state index in [9.17, 15) is 0 Å². The zero-order valence-electron chi connectivity index (χ0n) is 13.0. The fourth-order valence-electron chi connectivity index (χ4n) is 1.60. The number of aliphatic hydroxyl groups is 1. The van der Waals surface area contributed by atoms with Gasteiger partial charge in [-0.05, 0) is 12.6 Å². The standard InChI is InChI=1S/C12H26O.CH2O3.2K/c1-2-3-4-5-6-7-8-9-10-11-12-13;2-1(3)4;;/h13H,2-12H2,1H3;(H2,2,3,4);;/q;;2*+1/p-2. The van der Waals surface area contributed by atoms with Crippen molar-refractivity contribution in [3.63, 3.8) is 0 Å². The summed E-state index contributed by atoms with van der Waals surface area (Å²) in [6.45, 7) is 2.63. The van der Waals surface area contributed by atoms with Gasteiger partial charge >= 0.3 is 103 Å². The van der Waals surface area contributed by atoms with Crippen LogP contribution in [0.2, 0.25) is 0 Å². The maximum atomic E-state index is 8.57. The van der Waals surface area contributed by atoms with E-state index in [0.29, 0.717) is 6.61 Å². The number of unbranched alkanes of at least 4 members (excludes halogenated alkanes) is 9. The third-order valence-corrected chi connectivity index (χ3v) is 2.51. The van der Waals surface area contributed by atoms with Crippen molar-refractivity contribution >= 4 is 6.16 Å². The average Bonchev–Trinajstić information content (AvgIpc) is 2.26. The second kappa shape index (κ2) is 28.6. The molecule has 104 valence electrons. The predicted molar refractivity (Wildman–Crippen MR) is 64.3 cm³/mol. The molecular weight excluding hydrogens is 298 g/mol. The van der Waals surface area contributed by atoms with Crippen molar-refractivity contribution in [1.82, 2.24) is 0 Å². The normalized spacial score (nSPS) is 8.53. The van der Waals surface area contributed by atoms with E-state index in [0.717, 1.165) is 6.42 Å². The molecule has 0 saturated carbocycles.